The van der Waals surface area contributed by atoms with Crippen molar-refractivity contribution in [3.63, 3.8) is 0 Å². The highest BCUT2D eigenvalue weighted by molar-refractivity contribution is 5.69. The molecule has 6 heteroatoms. The SMILES string of the molecule is CCCCOC(CC(=O)O)NC(=O)O. The summed E-state index contributed by atoms with van der Waals surface area (Å²) >= 11 is 0. The molecule has 0 spiro atoms. The van der Waals surface area contributed by atoms with Crippen molar-refractivity contribution in [3.05, 3.63) is 0 Å². The Morgan fingerprint density at radius 3 is 2.50 bits per heavy atom. The number of carbonyl (C=O) groups is 2. The predicted octanol–water partition coefficient (Wildman–Crippen LogP) is 0.872. The lowest BCUT2D eigenvalue weighted by molar-refractivity contribution is -0.140. The van der Waals surface area contributed by atoms with Gasteiger partial charge in [-0.3, -0.25) is 10.1 Å². The van der Waals surface area contributed by atoms with E-state index in [1.807, 2.05) is 12.2 Å². The maximum atomic E-state index is 10.3. The highest BCUT2D eigenvalue weighted by atomic mass is 16.5. The second kappa shape index (κ2) is 7.14. The van der Waals surface area contributed by atoms with Crippen molar-refractivity contribution in [2.45, 2.75) is 32.4 Å². The number of amides is 1. The molecule has 6 nitrogen and oxygen atoms in total. The Morgan fingerprint density at radius 1 is 1.43 bits per heavy atom. The first-order chi connectivity index (χ1) is 6.56. The first kappa shape index (κ1) is 12.7. The van der Waals surface area contributed by atoms with Crippen molar-refractivity contribution >= 4 is 12.1 Å². The highest BCUT2D eigenvalue weighted by Gasteiger charge is 2.15. The molecule has 0 rings (SSSR count). The summed E-state index contributed by atoms with van der Waals surface area (Å²) in [6.45, 7) is 2.31. The average molecular weight is 205 g/mol. The third kappa shape index (κ3) is 7.35. The number of nitrogens with one attached hydrogen (secondary N) is 1. The summed E-state index contributed by atoms with van der Waals surface area (Å²) in [6, 6.07) is 0. The Kier molecular flexibility index (Phi) is 6.47. The standard InChI is InChI=1S/C8H15NO5/c1-2-3-4-14-6(5-7(10)11)9-8(12)13/h6,9H,2-5H2,1H3,(H,10,11)(H,12,13). The molecule has 0 heterocycles. The molecule has 1 amide bonds. The van der Waals surface area contributed by atoms with Crippen molar-refractivity contribution in [1.29, 1.82) is 0 Å². The molecule has 82 valence electrons. The quantitative estimate of drug-likeness (QED) is 0.423. The van der Waals surface area contributed by atoms with E-state index in [1.54, 1.807) is 0 Å². The molecule has 0 fully saturated rings. The number of aliphatic carboxylic acids is 1. The second-order valence-corrected chi connectivity index (χ2v) is 2.76. The van der Waals surface area contributed by atoms with E-state index in [0.717, 1.165) is 12.8 Å². The molecule has 0 radical (unpaired) electrons. The van der Waals surface area contributed by atoms with Gasteiger partial charge in [0.15, 0.2) is 0 Å². The van der Waals surface area contributed by atoms with Crippen LogP contribution in [0.2, 0.25) is 0 Å². The number of hydrogen-bond donors (Lipinski definition) is 3. The Hall–Kier alpha value is -1.30. The van der Waals surface area contributed by atoms with E-state index in [1.165, 1.54) is 0 Å². The minimum absolute atomic E-state index is 0.356. The molecule has 0 aliphatic rings. The van der Waals surface area contributed by atoms with Crippen LogP contribution in [0.3, 0.4) is 0 Å². The predicted molar refractivity (Wildman–Crippen MR) is 48.1 cm³/mol. The molecule has 14 heavy (non-hydrogen) atoms. The van der Waals surface area contributed by atoms with Gasteiger partial charge in [0.25, 0.3) is 0 Å². The van der Waals surface area contributed by atoms with Crippen LogP contribution in [0, 0.1) is 0 Å². The Morgan fingerprint density at radius 2 is 2.07 bits per heavy atom. The molecule has 0 aromatic carbocycles. The number of carboxylic acids is 1. The van der Waals surface area contributed by atoms with Crippen molar-refractivity contribution in [2.75, 3.05) is 6.61 Å². The van der Waals surface area contributed by atoms with Gasteiger partial charge in [0.1, 0.15) is 6.23 Å². The third-order valence-electron chi connectivity index (χ3n) is 1.46. The van der Waals surface area contributed by atoms with Crippen LogP contribution in [0.15, 0.2) is 0 Å². The maximum absolute atomic E-state index is 10.3. The van der Waals surface area contributed by atoms with Crippen LogP contribution >= 0.6 is 0 Å². The molecule has 0 aliphatic carbocycles. The summed E-state index contributed by atoms with van der Waals surface area (Å²) in [5.74, 6) is -1.10. The molecular weight excluding hydrogens is 190 g/mol. The largest absolute Gasteiger partial charge is 0.481 e. The van der Waals surface area contributed by atoms with E-state index in [9.17, 15) is 9.59 Å². The monoisotopic (exact) mass is 205 g/mol. The Bertz CT molecular complexity index is 178. The second-order valence-electron chi connectivity index (χ2n) is 2.76. The van der Waals surface area contributed by atoms with Crippen molar-refractivity contribution in [1.82, 2.24) is 5.32 Å². The van der Waals surface area contributed by atoms with Gasteiger partial charge in [-0.2, -0.15) is 0 Å². The van der Waals surface area contributed by atoms with Crippen molar-refractivity contribution in [3.8, 4) is 0 Å². The molecule has 1 unspecified atom stereocenters. The van der Waals surface area contributed by atoms with Gasteiger partial charge < -0.3 is 14.9 Å². The van der Waals surface area contributed by atoms with Crippen LogP contribution in [-0.2, 0) is 9.53 Å². The Labute approximate surface area is 81.9 Å². The fourth-order valence-electron chi connectivity index (χ4n) is 0.818. The molecule has 1 atom stereocenters. The summed E-state index contributed by atoms with van der Waals surface area (Å²) in [4.78, 5) is 20.6. The van der Waals surface area contributed by atoms with E-state index in [4.69, 9.17) is 14.9 Å². The van der Waals surface area contributed by atoms with E-state index >= 15 is 0 Å². The van der Waals surface area contributed by atoms with Crippen LogP contribution in [0.5, 0.6) is 0 Å². The smallest absolute Gasteiger partial charge is 0.406 e. The van der Waals surface area contributed by atoms with Gasteiger partial charge >= 0.3 is 12.1 Å². The lowest BCUT2D eigenvalue weighted by atomic mass is 10.3. The van der Waals surface area contributed by atoms with Gasteiger partial charge in [-0.1, -0.05) is 13.3 Å². The van der Waals surface area contributed by atoms with Crippen LogP contribution in [0.1, 0.15) is 26.2 Å². The number of unbranched alkanes of at least 4 members (excludes halogenated alkanes) is 1. The first-order valence-electron chi connectivity index (χ1n) is 4.39. The first-order valence-corrected chi connectivity index (χ1v) is 4.39. The van der Waals surface area contributed by atoms with Crippen molar-refractivity contribution in [2.24, 2.45) is 0 Å². The zero-order chi connectivity index (χ0) is 11.0. The lowest BCUT2D eigenvalue weighted by Gasteiger charge is -2.15. The van der Waals surface area contributed by atoms with Crippen LogP contribution in [-0.4, -0.2) is 35.1 Å². The maximum Gasteiger partial charge on any atom is 0.406 e. The van der Waals surface area contributed by atoms with E-state index in [2.05, 4.69) is 0 Å². The van der Waals surface area contributed by atoms with Gasteiger partial charge in [-0.25, -0.2) is 4.79 Å². The van der Waals surface area contributed by atoms with Crippen LogP contribution in [0.25, 0.3) is 0 Å². The van der Waals surface area contributed by atoms with Gasteiger partial charge in [0.2, 0.25) is 0 Å². The summed E-state index contributed by atoms with van der Waals surface area (Å²) < 4.78 is 5.03. The normalized spacial score (nSPS) is 12.1. The van der Waals surface area contributed by atoms with Crippen LogP contribution in [0.4, 0.5) is 4.79 Å². The topological polar surface area (TPSA) is 95.9 Å². The van der Waals surface area contributed by atoms with Gasteiger partial charge in [-0.05, 0) is 6.42 Å². The molecular formula is C8H15NO5. The summed E-state index contributed by atoms with van der Waals surface area (Å²) in [7, 11) is 0. The number of carboxylic acid groups (broad SMARTS) is 2. The molecule has 0 aromatic rings. The molecule has 0 aromatic heterocycles. The van der Waals surface area contributed by atoms with Crippen LogP contribution < -0.4 is 5.32 Å². The molecule has 0 saturated carbocycles. The van der Waals surface area contributed by atoms with Gasteiger partial charge in [0.05, 0.1) is 6.42 Å². The molecule has 0 saturated heterocycles. The number of hydrogen-bond acceptors (Lipinski definition) is 3. The summed E-state index contributed by atoms with van der Waals surface area (Å²) in [5, 5.41) is 18.8. The van der Waals surface area contributed by atoms with Gasteiger partial charge in [-0.15, -0.1) is 0 Å². The minimum atomic E-state index is -1.28. The van der Waals surface area contributed by atoms with E-state index < -0.39 is 18.3 Å². The zero-order valence-corrected chi connectivity index (χ0v) is 8.02. The number of ether oxygens (including phenoxy) is 1. The summed E-state index contributed by atoms with van der Waals surface area (Å²) in [5.41, 5.74) is 0. The Balaban J connectivity index is 3.84. The van der Waals surface area contributed by atoms with E-state index in [-0.39, 0.29) is 6.42 Å². The lowest BCUT2D eigenvalue weighted by Crippen LogP contribution is -2.37. The minimum Gasteiger partial charge on any atom is -0.481 e. The highest BCUT2D eigenvalue weighted by Crippen LogP contribution is 1.98. The van der Waals surface area contributed by atoms with Crippen molar-refractivity contribution < 1.29 is 24.5 Å². The van der Waals surface area contributed by atoms with E-state index in [0.29, 0.717) is 6.61 Å². The summed E-state index contributed by atoms with van der Waals surface area (Å²) in [6.07, 6.45) is -0.926. The zero-order valence-electron chi connectivity index (χ0n) is 8.02. The molecule has 0 aliphatic heterocycles. The molecule has 0 bridgehead atoms. The average Bonchev–Trinajstić information content (AvgIpc) is 2.02. The number of rotatable bonds is 7. The van der Waals surface area contributed by atoms with Gasteiger partial charge in [0, 0.05) is 6.61 Å². The fourth-order valence-corrected chi connectivity index (χ4v) is 0.818. The fraction of sp³-hybridized carbons (Fsp3) is 0.750. The molecule has 3 N–H and O–H groups in total. The third-order valence-corrected chi connectivity index (χ3v) is 1.46.